The summed E-state index contributed by atoms with van der Waals surface area (Å²) in [6, 6.07) is 3.22. The van der Waals surface area contributed by atoms with Crippen LogP contribution in [-0.2, 0) is 16.0 Å². The standard InChI is InChI=1S/C22H24N2O8/c1-23-21(31)13-18(28)15(24(2)3)14-16(26)9-7-8-5-4-6-10(25)11(8)17(27)12(9)19(29)22(14,32)20(13)30/h4-6,9,14-16,25-26,28-29,32H,7H2,1-3H3,(H,23,31)/t9-,14-,15+,16+,22+/m1/s1. The van der Waals surface area contributed by atoms with Gasteiger partial charge in [0.25, 0.3) is 5.91 Å². The highest BCUT2D eigenvalue weighted by atomic mass is 16.4. The van der Waals surface area contributed by atoms with E-state index in [-0.39, 0.29) is 17.7 Å². The minimum absolute atomic E-state index is 0.0454. The summed E-state index contributed by atoms with van der Waals surface area (Å²) < 4.78 is 0. The Kier molecular flexibility index (Phi) is 4.92. The fourth-order valence-corrected chi connectivity index (χ4v) is 5.31. The molecule has 3 aliphatic carbocycles. The van der Waals surface area contributed by atoms with E-state index in [4.69, 9.17) is 0 Å². The van der Waals surface area contributed by atoms with Crippen LogP contribution in [0, 0.1) is 11.8 Å². The average molecular weight is 444 g/mol. The normalized spacial score (nSPS) is 31.9. The van der Waals surface area contributed by atoms with Crippen LogP contribution in [0.3, 0.4) is 0 Å². The van der Waals surface area contributed by atoms with E-state index in [1.54, 1.807) is 12.1 Å². The molecule has 170 valence electrons. The van der Waals surface area contributed by atoms with Gasteiger partial charge in [0.05, 0.1) is 23.6 Å². The van der Waals surface area contributed by atoms with Crippen LogP contribution >= 0.6 is 0 Å². The molecule has 10 nitrogen and oxygen atoms in total. The highest BCUT2D eigenvalue weighted by molar-refractivity contribution is 6.25. The van der Waals surface area contributed by atoms with Gasteiger partial charge in [-0.2, -0.15) is 0 Å². The third-order valence-electron chi connectivity index (χ3n) is 6.75. The highest BCUT2D eigenvalue weighted by Crippen LogP contribution is 2.52. The smallest absolute Gasteiger partial charge is 0.258 e. The number of Topliss-reactive ketones (excluding diaryl/α,β-unsaturated/α-hetero) is 2. The van der Waals surface area contributed by atoms with Crippen LogP contribution in [0.4, 0.5) is 0 Å². The zero-order valence-corrected chi connectivity index (χ0v) is 17.7. The van der Waals surface area contributed by atoms with E-state index in [0.29, 0.717) is 5.56 Å². The average Bonchev–Trinajstić information content (AvgIpc) is 2.73. The summed E-state index contributed by atoms with van der Waals surface area (Å²) in [5.41, 5.74) is -3.65. The number of hydrogen-bond acceptors (Lipinski definition) is 9. The first kappa shape index (κ1) is 22.0. The molecule has 4 rings (SSSR count). The predicted molar refractivity (Wildman–Crippen MR) is 110 cm³/mol. The first-order valence-electron chi connectivity index (χ1n) is 10.0. The molecule has 0 unspecified atom stereocenters. The Morgan fingerprint density at radius 2 is 1.84 bits per heavy atom. The molecule has 0 heterocycles. The number of hydrogen-bond donors (Lipinski definition) is 6. The molecule has 1 amide bonds. The van der Waals surface area contributed by atoms with Crippen molar-refractivity contribution in [2.45, 2.75) is 24.2 Å². The van der Waals surface area contributed by atoms with Gasteiger partial charge in [-0.3, -0.25) is 19.3 Å². The highest BCUT2D eigenvalue weighted by Gasteiger charge is 2.66. The van der Waals surface area contributed by atoms with Crippen molar-refractivity contribution in [1.29, 1.82) is 0 Å². The fraction of sp³-hybridized carbons (Fsp3) is 0.409. The number of ketones is 2. The topological polar surface area (TPSA) is 168 Å². The number of carbonyl (C=O) groups is 3. The SMILES string of the molecule is CNC(=O)C1=C(O)[C@@H](N(C)C)[C@@H]2[C@@H](O)[C@@H]3Cc4cccc(O)c4C(=O)C3=C(O)[C@]2(O)C1=O. The number of aromatic hydroxyl groups is 1. The van der Waals surface area contributed by atoms with E-state index < -0.39 is 69.7 Å². The van der Waals surface area contributed by atoms with E-state index in [1.807, 2.05) is 0 Å². The maximum absolute atomic E-state index is 13.3. The molecule has 1 aromatic rings. The van der Waals surface area contributed by atoms with Crippen molar-refractivity contribution < 1.29 is 39.9 Å². The zero-order chi connectivity index (χ0) is 23.7. The van der Waals surface area contributed by atoms with Gasteiger partial charge in [-0.05, 0) is 32.1 Å². The Morgan fingerprint density at radius 3 is 2.44 bits per heavy atom. The summed E-state index contributed by atoms with van der Waals surface area (Å²) >= 11 is 0. The molecule has 0 saturated carbocycles. The van der Waals surface area contributed by atoms with Gasteiger partial charge < -0.3 is 30.8 Å². The lowest BCUT2D eigenvalue weighted by molar-refractivity contribution is -0.161. The van der Waals surface area contributed by atoms with Crippen LogP contribution < -0.4 is 5.32 Å². The van der Waals surface area contributed by atoms with Crippen molar-refractivity contribution in [3.8, 4) is 5.75 Å². The number of carbonyl (C=O) groups excluding carboxylic acids is 3. The van der Waals surface area contributed by atoms with E-state index in [0.717, 1.165) is 0 Å². The molecule has 32 heavy (non-hydrogen) atoms. The van der Waals surface area contributed by atoms with Crippen LogP contribution in [0.25, 0.3) is 0 Å². The van der Waals surface area contributed by atoms with Crippen molar-refractivity contribution in [1.82, 2.24) is 10.2 Å². The van der Waals surface area contributed by atoms with Crippen molar-refractivity contribution in [3.05, 3.63) is 52.0 Å². The number of nitrogens with one attached hydrogen (secondary N) is 1. The van der Waals surface area contributed by atoms with Crippen molar-refractivity contribution >= 4 is 17.5 Å². The van der Waals surface area contributed by atoms with Crippen molar-refractivity contribution in [2.75, 3.05) is 21.1 Å². The van der Waals surface area contributed by atoms with E-state index in [1.165, 1.54) is 32.1 Å². The molecule has 0 saturated heterocycles. The Bertz CT molecular complexity index is 1120. The number of phenolic OH excluding ortho intramolecular Hbond substituents is 1. The van der Waals surface area contributed by atoms with Gasteiger partial charge in [0.15, 0.2) is 11.4 Å². The number of aliphatic hydroxyl groups is 4. The molecule has 0 bridgehead atoms. The first-order valence-corrected chi connectivity index (χ1v) is 10.0. The van der Waals surface area contributed by atoms with Gasteiger partial charge in [0, 0.05) is 18.5 Å². The number of amides is 1. The minimum atomic E-state index is -2.84. The molecular formula is C22H24N2O8. The molecule has 0 spiro atoms. The summed E-state index contributed by atoms with van der Waals surface area (Å²) in [5, 5.41) is 57.2. The number of fused-ring (bicyclic) bond motifs is 3. The maximum atomic E-state index is 13.3. The van der Waals surface area contributed by atoms with Crippen molar-refractivity contribution in [2.24, 2.45) is 11.8 Å². The quantitative estimate of drug-likeness (QED) is 0.325. The maximum Gasteiger partial charge on any atom is 0.258 e. The number of phenols is 1. The molecule has 1 aromatic carbocycles. The number of nitrogens with zero attached hydrogens (tertiary/aromatic N) is 1. The Hall–Kier alpha value is -3.21. The summed E-state index contributed by atoms with van der Waals surface area (Å²) in [7, 11) is 4.26. The second-order valence-electron chi connectivity index (χ2n) is 8.57. The summed E-state index contributed by atoms with van der Waals surface area (Å²) in [5.74, 6) is -7.58. The molecular weight excluding hydrogens is 420 g/mol. The van der Waals surface area contributed by atoms with Crippen molar-refractivity contribution in [3.63, 3.8) is 0 Å². The molecule has 0 radical (unpaired) electrons. The number of benzene rings is 1. The molecule has 0 aliphatic heterocycles. The monoisotopic (exact) mass is 444 g/mol. The lowest BCUT2D eigenvalue weighted by atomic mass is 9.57. The van der Waals surface area contributed by atoms with Gasteiger partial charge in [-0.1, -0.05) is 12.1 Å². The number of rotatable bonds is 2. The van der Waals surface area contributed by atoms with E-state index in [9.17, 15) is 39.9 Å². The second-order valence-corrected chi connectivity index (χ2v) is 8.57. The Labute approximate surface area is 183 Å². The van der Waals surface area contributed by atoms with Crippen LogP contribution in [-0.4, -0.2) is 86.8 Å². The largest absolute Gasteiger partial charge is 0.510 e. The summed E-state index contributed by atoms with van der Waals surface area (Å²) in [6.45, 7) is 0. The van der Waals surface area contributed by atoms with Crippen LogP contribution in [0.1, 0.15) is 15.9 Å². The molecule has 5 atom stereocenters. The number of aliphatic hydroxyl groups excluding tert-OH is 3. The lowest BCUT2D eigenvalue weighted by Crippen LogP contribution is -2.68. The van der Waals surface area contributed by atoms with Gasteiger partial charge in [-0.15, -0.1) is 0 Å². The third-order valence-corrected chi connectivity index (χ3v) is 6.75. The molecule has 6 N–H and O–H groups in total. The van der Waals surface area contributed by atoms with Gasteiger partial charge in [-0.25, -0.2) is 0 Å². The summed E-state index contributed by atoms with van der Waals surface area (Å²) in [6.07, 6.45) is -1.50. The predicted octanol–water partition coefficient (Wildman–Crippen LogP) is -0.648. The van der Waals surface area contributed by atoms with Crippen LogP contribution in [0.15, 0.2) is 40.9 Å². The molecule has 0 aromatic heterocycles. The summed E-state index contributed by atoms with van der Waals surface area (Å²) in [4.78, 5) is 40.3. The van der Waals surface area contributed by atoms with E-state index >= 15 is 0 Å². The van der Waals surface area contributed by atoms with E-state index in [2.05, 4.69) is 5.32 Å². The fourth-order valence-electron chi connectivity index (χ4n) is 5.31. The lowest BCUT2D eigenvalue weighted by Gasteiger charge is -2.52. The number of likely N-dealkylation sites (N-methyl/N-ethyl adjacent to an activating group) is 2. The van der Waals surface area contributed by atoms with Crippen LogP contribution in [0.2, 0.25) is 0 Å². The minimum Gasteiger partial charge on any atom is -0.510 e. The van der Waals surface area contributed by atoms with Gasteiger partial charge in [0.2, 0.25) is 5.78 Å². The van der Waals surface area contributed by atoms with Crippen LogP contribution in [0.5, 0.6) is 5.75 Å². The third kappa shape index (κ3) is 2.60. The first-order chi connectivity index (χ1) is 15.0. The molecule has 0 fully saturated rings. The zero-order valence-electron chi connectivity index (χ0n) is 17.7. The second kappa shape index (κ2) is 7.16. The Balaban J connectivity index is 2.01. The Morgan fingerprint density at radius 1 is 1.19 bits per heavy atom. The van der Waals surface area contributed by atoms with Gasteiger partial charge >= 0.3 is 0 Å². The van der Waals surface area contributed by atoms with Gasteiger partial charge in [0.1, 0.15) is 22.8 Å². The molecule has 10 heteroatoms. The molecule has 3 aliphatic rings.